The molecule has 0 aliphatic heterocycles. The zero-order chi connectivity index (χ0) is 18.4. The molecule has 0 unspecified atom stereocenters. The highest BCUT2D eigenvalue weighted by Gasteiger charge is 2.16. The van der Waals surface area contributed by atoms with Crippen molar-refractivity contribution in [1.29, 1.82) is 0 Å². The second kappa shape index (κ2) is 8.27. The van der Waals surface area contributed by atoms with Crippen LogP contribution in [0.1, 0.15) is 35.3 Å². The monoisotopic (exact) mass is 360 g/mol. The van der Waals surface area contributed by atoms with Crippen LogP contribution in [-0.2, 0) is 16.6 Å². The minimum atomic E-state index is -3.62. The van der Waals surface area contributed by atoms with Crippen LogP contribution in [0, 0.1) is 6.92 Å². The van der Waals surface area contributed by atoms with Gasteiger partial charge in [0.1, 0.15) is 0 Å². The van der Waals surface area contributed by atoms with Gasteiger partial charge in [-0.3, -0.25) is 4.79 Å². The van der Waals surface area contributed by atoms with Gasteiger partial charge in [0.15, 0.2) is 0 Å². The summed E-state index contributed by atoms with van der Waals surface area (Å²) >= 11 is 0. The number of sulfonamides is 1. The quantitative estimate of drug-likeness (QED) is 0.825. The highest BCUT2D eigenvalue weighted by Crippen LogP contribution is 2.13. The first-order valence-electron chi connectivity index (χ1n) is 8.32. The number of hydrogen-bond donors (Lipinski definition) is 1. The van der Waals surface area contributed by atoms with Crippen LogP contribution >= 0.6 is 0 Å². The second-order valence-corrected chi connectivity index (χ2v) is 7.58. The molecule has 2 rings (SSSR count). The molecule has 0 heterocycles. The van der Waals surface area contributed by atoms with E-state index in [4.69, 9.17) is 0 Å². The highest BCUT2D eigenvalue weighted by molar-refractivity contribution is 7.89. The number of amides is 1. The van der Waals surface area contributed by atoms with Gasteiger partial charge in [0, 0.05) is 25.2 Å². The third-order valence-corrected chi connectivity index (χ3v) is 5.43. The first-order chi connectivity index (χ1) is 11.9. The van der Waals surface area contributed by atoms with Crippen LogP contribution in [0.5, 0.6) is 0 Å². The first-order valence-corrected chi connectivity index (χ1v) is 9.80. The smallest absolute Gasteiger partial charge is 0.253 e. The molecule has 5 nitrogen and oxygen atoms in total. The molecular weight excluding hydrogens is 336 g/mol. The fraction of sp³-hybridized carbons (Fsp3) is 0.316. The van der Waals surface area contributed by atoms with Crippen molar-refractivity contribution in [2.45, 2.75) is 32.2 Å². The minimum Gasteiger partial charge on any atom is -0.339 e. The van der Waals surface area contributed by atoms with Gasteiger partial charge in [0.2, 0.25) is 10.0 Å². The van der Waals surface area contributed by atoms with E-state index in [9.17, 15) is 13.2 Å². The second-order valence-electron chi connectivity index (χ2n) is 5.82. The molecule has 0 fully saturated rings. The molecule has 2 aromatic rings. The summed E-state index contributed by atoms with van der Waals surface area (Å²) in [7, 11) is -3.62. The predicted molar refractivity (Wildman–Crippen MR) is 98.9 cm³/mol. The summed E-state index contributed by atoms with van der Waals surface area (Å²) in [5, 5.41) is 0. The van der Waals surface area contributed by atoms with Gasteiger partial charge in [-0.25, -0.2) is 13.1 Å². The van der Waals surface area contributed by atoms with E-state index in [2.05, 4.69) is 4.72 Å². The third kappa shape index (κ3) is 4.90. The normalized spacial score (nSPS) is 11.3. The number of aryl methyl sites for hydroxylation is 1. The lowest BCUT2D eigenvalue weighted by Crippen LogP contribution is -2.30. The molecule has 0 aliphatic rings. The molecule has 0 radical (unpaired) electrons. The Labute approximate surface area is 149 Å². The lowest BCUT2D eigenvalue weighted by atomic mass is 10.1. The average Bonchev–Trinajstić information content (AvgIpc) is 2.61. The van der Waals surface area contributed by atoms with E-state index >= 15 is 0 Å². The largest absolute Gasteiger partial charge is 0.339 e. The van der Waals surface area contributed by atoms with Crippen LogP contribution in [0.15, 0.2) is 53.4 Å². The molecular formula is C19H24N2O3S. The molecule has 6 heteroatoms. The molecule has 0 atom stereocenters. The Morgan fingerprint density at radius 1 is 1.04 bits per heavy atom. The van der Waals surface area contributed by atoms with Crippen molar-refractivity contribution in [2.75, 3.05) is 13.1 Å². The maximum Gasteiger partial charge on any atom is 0.253 e. The topological polar surface area (TPSA) is 66.5 Å². The summed E-state index contributed by atoms with van der Waals surface area (Å²) in [5.74, 6) is -0.0957. The van der Waals surface area contributed by atoms with Gasteiger partial charge in [-0.2, -0.15) is 0 Å². The third-order valence-electron chi connectivity index (χ3n) is 4.01. The SMILES string of the molecule is CCN(CC)C(=O)c1ccc(S(=O)(=O)NCc2cccc(C)c2)cc1. The Bertz CT molecular complexity index is 826. The molecule has 0 aromatic heterocycles. The molecule has 25 heavy (non-hydrogen) atoms. The van der Waals surface area contributed by atoms with Crippen LogP contribution in [0.3, 0.4) is 0 Å². The molecule has 1 N–H and O–H groups in total. The number of nitrogens with one attached hydrogen (secondary N) is 1. The molecule has 1 amide bonds. The van der Waals surface area contributed by atoms with Crippen molar-refractivity contribution in [3.63, 3.8) is 0 Å². The van der Waals surface area contributed by atoms with Gasteiger partial charge < -0.3 is 4.90 Å². The van der Waals surface area contributed by atoms with Crippen LogP contribution in [-0.4, -0.2) is 32.3 Å². The average molecular weight is 360 g/mol. The molecule has 0 saturated heterocycles. The first kappa shape index (κ1) is 19.1. The van der Waals surface area contributed by atoms with Gasteiger partial charge in [-0.15, -0.1) is 0 Å². The minimum absolute atomic E-state index is 0.0957. The lowest BCUT2D eigenvalue weighted by Gasteiger charge is -2.18. The van der Waals surface area contributed by atoms with E-state index in [-0.39, 0.29) is 17.3 Å². The summed E-state index contributed by atoms with van der Waals surface area (Å²) < 4.78 is 27.4. The van der Waals surface area contributed by atoms with E-state index in [0.717, 1.165) is 11.1 Å². The van der Waals surface area contributed by atoms with E-state index in [1.54, 1.807) is 17.0 Å². The Morgan fingerprint density at radius 2 is 1.68 bits per heavy atom. The van der Waals surface area contributed by atoms with Gasteiger partial charge in [-0.1, -0.05) is 29.8 Å². The number of benzene rings is 2. The van der Waals surface area contributed by atoms with Gasteiger partial charge in [0.25, 0.3) is 5.91 Å². The Hall–Kier alpha value is -2.18. The van der Waals surface area contributed by atoms with Crippen molar-refractivity contribution in [1.82, 2.24) is 9.62 Å². The Morgan fingerprint density at radius 3 is 2.24 bits per heavy atom. The summed E-state index contributed by atoms with van der Waals surface area (Å²) in [6.45, 7) is 7.25. The Kier molecular flexibility index (Phi) is 6.33. The molecule has 0 bridgehead atoms. The maximum atomic E-state index is 12.4. The predicted octanol–water partition coefficient (Wildman–Crippen LogP) is 2.96. The van der Waals surface area contributed by atoms with Crippen LogP contribution in [0.25, 0.3) is 0 Å². The van der Waals surface area contributed by atoms with E-state index in [1.807, 2.05) is 45.0 Å². The van der Waals surface area contributed by atoms with Crippen LogP contribution in [0.4, 0.5) is 0 Å². The molecule has 0 spiro atoms. The van der Waals surface area contributed by atoms with Crippen molar-refractivity contribution < 1.29 is 13.2 Å². The fourth-order valence-corrected chi connectivity index (χ4v) is 3.57. The van der Waals surface area contributed by atoms with Gasteiger partial charge in [0.05, 0.1) is 4.90 Å². The number of nitrogens with zero attached hydrogens (tertiary/aromatic N) is 1. The van der Waals surface area contributed by atoms with E-state index in [0.29, 0.717) is 18.7 Å². The lowest BCUT2D eigenvalue weighted by molar-refractivity contribution is 0.0773. The fourth-order valence-electron chi connectivity index (χ4n) is 2.55. The van der Waals surface area contributed by atoms with Crippen molar-refractivity contribution >= 4 is 15.9 Å². The highest BCUT2D eigenvalue weighted by atomic mass is 32.2. The Balaban J connectivity index is 2.10. The number of hydrogen-bond acceptors (Lipinski definition) is 3. The maximum absolute atomic E-state index is 12.4. The van der Waals surface area contributed by atoms with Crippen molar-refractivity contribution in [2.24, 2.45) is 0 Å². The van der Waals surface area contributed by atoms with E-state index < -0.39 is 10.0 Å². The zero-order valence-electron chi connectivity index (χ0n) is 14.8. The van der Waals surface area contributed by atoms with Crippen molar-refractivity contribution in [3.8, 4) is 0 Å². The number of carbonyl (C=O) groups is 1. The van der Waals surface area contributed by atoms with Crippen molar-refractivity contribution in [3.05, 3.63) is 65.2 Å². The summed E-state index contributed by atoms with van der Waals surface area (Å²) in [4.78, 5) is 14.1. The van der Waals surface area contributed by atoms with Gasteiger partial charge >= 0.3 is 0 Å². The molecule has 0 aliphatic carbocycles. The molecule has 2 aromatic carbocycles. The number of rotatable bonds is 7. The standard InChI is InChI=1S/C19H24N2O3S/c1-4-21(5-2)19(22)17-9-11-18(12-10-17)25(23,24)20-14-16-8-6-7-15(3)13-16/h6-13,20H,4-5,14H2,1-3H3. The summed E-state index contributed by atoms with van der Waals surface area (Å²) in [6.07, 6.45) is 0. The number of carbonyl (C=O) groups excluding carboxylic acids is 1. The zero-order valence-corrected chi connectivity index (χ0v) is 15.6. The molecule has 134 valence electrons. The summed E-state index contributed by atoms with van der Waals surface area (Å²) in [5.41, 5.74) is 2.47. The van der Waals surface area contributed by atoms with E-state index in [1.165, 1.54) is 12.1 Å². The van der Waals surface area contributed by atoms with Gasteiger partial charge in [-0.05, 0) is 50.6 Å². The van der Waals surface area contributed by atoms with Crippen LogP contribution < -0.4 is 4.72 Å². The van der Waals surface area contributed by atoms with Crippen LogP contribution in [0.2, 0.25) is 0 Å². The summed E-state index contributed by atoms with van der Waals surface area (Å²) in [6, 6.07) is 13.7. The molecule has 0 saturated carbocycles.